The molecule has 1 amide bonds. The number of carbonyl (C=O) groups is 2. The third-order valence-electron chi connectivity index (χ3n) is 8.70. The third kappa shape index (κ3) is 6.97. The van der Waals surface area contributed by atoms with Gasteiger partial charge in [-0.05, 0) is 81.0 Å². The Bertz CT molecular complexity index is 1740. The number of amides is 1. The molecule has 13 heteroatoms. The number of halogens is 4. The maximum absolute atomic E-state index is 14.5. The number of benzene rings is 3. The second-order valence-electron chi connectivity index (χ2n) is 12.7. The number of ether oxygens (including phenoxy) is 2. The molecule has 248 valence electrons. The Hall–Kier alpha value is -4.45. The van der Waals surface area contributed by atoms with Crippen LogP contribution < -0.4 is 19.7 Å². The first kappa shape index (κ1) is 32.5. The molecule has 2 saturated carbocycles. The zero-order valence-electron chi connectivity index (χ0n) is 25.9. The molecule has 1 heterocycles. The number of nitrogens with zero attached hydrogens (tertiary/aromatic N) is 2. The highest BCUT2D eigenvalue weighted by Crippen LogP contribution is 2.57. The number of aliphatic carboxylic acids is 1. The van der Waals surface area contributed by atoms with Crippen molar-refractivity contribution in [3.8, 4) is 11.5 Å². The molecule has 9 nitrogen and oxygen atoms in total. The fourth-order valence-electron chi connectivity index (χ4n) is 5.76. The first-order valence-electron chi connectivity index (χ1n) is 15.1. The topological polar surface area (TPSA) is 110 Å². The van der Waals surface area contributed by atoms with E-state index >= 15 is 0 Å². The lowest BCUT2D eigenvalue weighted by atomic mass is 9.99. The number of nitrogens with one attached hydrogen (secondary N) is 1. The molecule has 0 bridgehead atoms. The van der Waals surface area contributed by atoms with E-state index in [9.17, 15) is 27.9 Å². The van der Waals surface area contributed by atoms with Crippen LogP contribution >= 0.6 is 11.6 Å². The van der Waals surface area contributed by atoms with Gasteiger partial charge in [0.15, 0.2) is 0 Å². The van der Waals surface area contributed by atoms with Crippen molar-refractivity contribution in [2.24, 2.45) is 11.1 Å². The van der Waals surface area contributed by atoms with E-state index in [4.69, 9.17) is 21.2 Å². The van der Waals surface area contributed by atoms with E-state index in [1.807, 2.05) is 0 Å². The van der Waals surface area contributed by atoms with Crippen LogP contribution in [0.2, 0.25) is 5.02 Å². The smallest absolute Gasteiger partial charge is 0.497 e. The minimum Gasteiger partial charge on any atom is -0.497 e. The van der Waals surface area contributed by atoms with E-state index in [-0.39, 0.29) is 17.2 Å². The molecule has 3 aromatic carbocycles. The SMILES string of the molecule is COc1cc(NC(C(=O)N2CC3(CC3)c3ccc(OC(F)(F)F)cc32)c2ccc(Cl)cc2)cc(/C(=N/OC(C)(C)C(=O)O)C2CC2)c1. The first-order valence-corrected chi connectivity index (χ1v) is 15.5. The summed E-state index contributed by atoms with van der Waals surface area (Å²) in [6.07, 6.45) is -1.57. The van der Waals surface area contributed by atoms with Crippen molar-refractivity contribution >= 4 is 40.6 Å². The average Bonchev–Trinajstić information content (AvgIpc) is 3.94. The largest absolute Gasteiger partial charge is 0.573 e. The van der Waals surface area contributed by atoms with Gasteiger partial charge in [0.1, 0.15) is 17.5 Å². The number of anilines is 2. The van der Waals surface area contributed by atoms with Crippen LogP contribution in [-0.4, -0.2) is 48.3 Å². The number of hydrogen-bond donors (Lipinski definition) is 2. The molecular weight excluding hydrogens is 639 g/mol. The van der Waals surface area contributed by atoms with Gasteiger partial charge in [-0.1, -0.05) is 35.0 Å². The summed E-state index contributed by atoms with van der Waals surface area (Å²) in [5.41, 5.74) is 1.57. The molecule has 2 aliphatic carbocycles. The molecule has 3 aromatic rings. The summed E-state index contributed by atoms with van der Waals surface area (Å²) in [5, 5.41) is 17.6. The molecule has 47 heavy (non-hydrogen) atoms. The molecule has 3 aliphatic rings. The van der Waals surface area contributed by atoms with Crippen molar-refractivity contribution in [1.82, 2.24) is 0 Å². The molecule has 0 saturated heterocycles. The fourth-order valence-corrected chi connectivity index (χ4v) is 5.89. The number of rotatable bonds is 11. The number of hydrogen-bond acceptors (Lipinski definition) is 7. The number of fused-ring (bicyclic) bond motifs is 2. The summed E-state index contributed by atoms with van der Waals surface area (Å²) in [4.78, 5) is 33.1. The summed E-state index contributed by atoms with van der Waals surface area (Å²) in [5.74, 6) is -1.44. The van der Waals surface area contributed by atoms with Gasteiger partial charge in [-0.15, -0.1) is 13.2 Å². The Kier molecular flexibility index (Phi) is 8.27. The van der Waals surface area contributed by atoms with Crippen LogP contribution in [0.5, 0.6) is 11.5 Å². The Labute approximate surface area is 274 Å². The van der Waals surface area contributed by atoms with Gasteiger partial charge in [0, 0.05) is 46.3 Å². The maximum atomic E-state index is 14.5. The van der Waals surface area contributed by atoms with E-state index in [2.05, 4.69) is 15.2 Å². The Balaban J connectivity index is 1.37. The number of oxime groups is 1. The highest BCUT2D eigenvalue weighted by Gasteiger charge is 2.54. The van der Waals surface area contributed by atoms with E-state index in [0.29, 0.717) is 45.5 Å². The van der Waals surface area contributed by atoms with Gasteiger partial charge in [0.25, 0.3) is 5.91 Å². The van der Waals surface area contributed by atoms with Crippen LogP contribution in [0.1, 0.15) is 62.3 Å². The number of carboxylic acids is 1. The molecule has 1 aliphatic heterocycles. The van der Waals surface area contributed by atoms with Crippen LogP contribution in [-0.2, 0) is 19.8 Å². The number of carbonyl (C=O) groups excluding carboxylic acids is 1. The van der Waals surface area contributed by atoms with Crippen LogP contribution in [0.3, 0.4) is 0 Å². The Morgan fingerprint density at radius 3 is 2.34 bits per heavy atom. The lowest BCUT2D eigenvalue weighted by molar-refractivity contribution is -0.274. The monoisotopic (exact) mass is 671 g/mol. The minimum absolute atomic E-state index is 0.0530. The Morgan fingerprint density at radius 2 is 1.74 bits per heavy atom. The number of methoxy groups -OCH3 is 1. The summed E-state index contributed by atoms with van der Waals surface area (Å²) in [6.45, 7) is 3.14. The van der Waals surface area contributed by atoms with Crippen LogP contribution in [0.4, 0.5) is 24.5 Å². The van der Waals surface area contributed by atoms with E-state index in [0.717, 1.165) is 31.2 Å². The van der Waals surface area contributed by atoms with E-state index in [1.165, 1.54) is 38.0 Å². The van der Waals surface area contributed by atoms with E-state index < -0.39 is 29.7 Å². The average molecular weight is 672 g/mol. The summed E-state index contributed by atoms with van der Waals surface area (Å²) in [7, 11) is 1.50. The van der Waals surface area contributed by atoms with Crippen molar-refractivity contribution < 1.29 is 42.2 Å². The van der Waals surface area contributed by atoms with Gasteiger partial charge in [0.2, 0.25) is 5.60 Å². The first-order chi connectivity index (χ1) is 22.2. The van der Waals surface area contributed by atoms with Crippen LogP contribution in [0.25, 0.3) is 0 Å². The molecule has 0 aromatic heterocycles. The van der Waals surface area contributed by atoms with Gasteiger partial charge in [-0.3, -0.25) is 4.79 Å². The van der Waals surface area contributed by atoms with Crippen molar-refractivity contribution in [1.29, 1.82) is 0 Å². The second-order valence-corrected chi connectivity index (χ2v) is 13.1. The molecule has 2 N–H and O–H groups in total. The molecule has 1 atom stereocenters. The minimum atomic E-state index is -4.88. The van der Waals surface area contributed by atoms with Crippen molar-refractivity contribution in [3.05, 3.63) is 82.4 Å². The van der Waals surface area contributed by atoms with Gasteiger partial charge in [-0.25, -0.2) is 4.79 Å². The summed E-state index contributed by atoms with van der Waals surface area (Å²) < 4.78 is 49.1. The molecule has 0 radical (unpaired) electrons. The summed E-state index contributed by atoms with van der Waals surface area (Å²) >= 11 is 6.18. The van der Waals surface area contributed by atoms with Crippen LogP contribution in [0.15, 0.2) is 65.8 Å². The quantitative estimate of drug-likeness (QED) is 0.161. The zero-order chi connectivity index (χ0) is 33.7. The van der Waals surface area contributed by atoms with Gasteiger partial charge >= 0.3 is 12.3 Å². The lowest BCUT2D eigenvalue weighted by Crippen LogP contribution is -2.38. The number of alkyl halides is 3. The molecule has 6 rings (SSSR count). The Morgan fingerprint density at radius 1 is 1.04 bits per heavy atom. The van der Waals surface area contributed by atoms with Crippen molar-refractivity contribution in [3.63, 3.8) is 0 Å². The fraction of sp³-hybridized carbons (Fsp3) is 0.382. The highest BCUT2D eigenvalue weighted by atomic mass is 35.5. The maximum Gasteiger partial charge on any atom is 0.573 e. The van der Waals surface area contributed by atoms with E-state index in [1.54, 1.807) is 48.5 Å². The summed E-state index contributed by atoms with van der Waals surface area (Å²) in [6, 6.07) is 15.2. The van der Waals surface area contributed by atoms with Crippen molar-refractivity contribution in [2.45, 2.75) is 63.0 Å². The molecular formula is C34H33ClF3N3O6. The predicted molar refractivity (Wildman–Crippen MR) is 169 cm³/mol. The van der Waals surface area contributed by atoms with Crippen molar-refractivity contribution in [2.75, 3.05) is 23.9 Å². The lowest BCUT2D eigenvalue weighted by Gasteiger charge is -2.27. The standard InChI is InChI=1S/C34H33ClF3N3O6/c1-32(2,31(43)44)47-40-28(19-4-5-19)21-14-23(16-25(15-21)45-3)39-29(20-6-8-22(35)9-7-20)30(42)41-18-33(12-13-33)26-11-10-24(17-27(26)41)46-34(36,37)38/h6-11,14-17,19,29,39H,4-5,12-13,18H2,1-3H3,(H,43,44)/b40-28+. The normalized spacial score (nSPS) is 17.6. The molecule has 1 unspecified atom stereocenters. The number of carboxylic acid groups (broad SMARTS) is 1. The highest BCUT2D eigenvalue weighted by molar-refractivity contribution is 6.30. The van der Waals surface area contributed by atoms with Crippen LogP contribution in [0, 0.1) is 5.92 Å². The predicted octanol–water partition coefficient (Wildman–Crippen LogP) is 7.47. The zero-order valence-corrected chi connectivity index (χ0v) is 26.6. The van der Waals surface area contributed by atoms with Gasteiger partial charge in [-0.2, -0.15) is 0 Å². The second kappa shape index (κ2) is 12.0. The molecule has 1 spiro atoms. The molecule has 2 fully saturated rings. The third-order valence-corrected chi connectivity index (χ3v) is 8.95. The van der Waals surface area contributed by atoms with Gasteiger partial charge < -0.3 is 29.6 Å². The van der Waals surface area contributed by atoms with Gasteiger partial charge in [0.05, 0.1) is 18.5 Å².